The lowest BCUT2D eigenvalue weighted by Gasteiger charge is -2.15. The van der Waals surface area contributed by atoms with Crippen molar-refractivity contribution < 1.29 is 43.6 Å². The zero-order valence-corrected chi connectivity index (χ0v) is 30.8. The molecule has 0 amide bonds. The molecule has 3 aromatic carbocycles. The maximum Gasteiger partial charge on any atom is 0.313 e. The fraction of sp³-hybridized carbons (Fsp3) is 0.450. The second-order valence-corrected chi connectivity index (χ2v) is 12.6. The minimum absolute atomic E-state index is 0. The van der Waals surface area contributed by atoms with Gasteiger partial charge >= 0.3 is 17.9 Å². The largest absolute Gasteiger partial charge is 0.461 e. The smallest absolute Gasteiger partial charge is 0.313 e. The van der Waals surface area contributed by atoms with Crippen molar-refractivity contribution in [1.29, 1.82) is 0 Å². The van der Waals surface area contributed by atoms with E-state index in [1.165, 1.54) is 0 Å². The number of Topliss-reactive ketones (excluding diaryl/α,β-unsaturated/α-hetero) is 1. The number of benzene rings is 3. The van der Waals surface area contributed by atoms with Gasteiger partial charge in [0.15, 0.2) is 5.78 Å². The Kier molecular flexibility index (Phi) is 25.7. The van der Waals surface area contributed by atoms with Crippen LogP contribution in [0.1, 0.15) is 43.4 Å². The molecule has 0 aromatic heterocycles. The molecular weight excluding hydrogens is 666 g/mol. The van der Waals surface area contributed by atoms with E-state index in [1.54, 1.807) is 19.0 Å². The quantitative estimate of drug-likeness (QED) is 0.111. The number of likely N-dealkylation sites (N-methyl/N-ethyl adjacent to an activating group) is 3. The summed E-state index contributed by atoms with van der Waals surface area (Å²) in [6.07, 6.45) is -1.44. The number of carbonyl (C=O) groups excluding carboxylic acids is 4. The number of esters is 3. The number of aliphatic hydroxyl groups excluding tert-OH is 2. The van der Waals surface area contributed by atoms with Gasteiger partial charge in [-0.15, -0.1) is 0 Å². The second kappa shape index (κ2) is 28.2. The van der Waals surface area contributed by atoms with Crippen LogP contribution in [0.25, 0.3) is 0 Å². The Balaban J connectivity index is 0.000000743. The molecule has 0 aliphatic rings. The molecule has 0 saturated carbocycles. The van der Waals surface area contributed by atoms with Crippen LogP contribution in [-0.2, 0) is 53.2 Å². The molecule has 0 saturated heterocycles. The standard InChI is InChI=1S/2C13H19NO3.C13H17NO3.CH4/c3*1-14(2)9-12(15)8-13(16)17-10-11-6-4-3-5-7-11;/h2*3-7,12,15H,8-10H2,1-2H3;3-7H,8-10H2,1-2H3;1H4/t2*12-;;/m10../s1. The molecule has 0 spiro atoms. The van der Waals surface area contributed by atoms with Crippen LogP contribution in [0.15, 0.2) is 91.0 Å². The highest BCUT2D eigenvalue weighted by Gasteiger charge is 2.14. The first-order chi connectivity index (χ1) is 24.2. The molecule has 0 aliphatic carbocycles. The summed E-state index contributed by atoms with van der Waals surface area (Å²) in [5.74, 6) is -1.35. The number of ketones is 1. The number of hydrogen-bond acceptors (Lipinski definition) is 12. The van der Waals surface area contributed by atoms with E-state index in [-0.39, 0.29) is 70.8 Å². The van der Waals surface area contributed by atoms with Gasteiger partial charge in [-0.05, 0) is 59.0 Å². The Labute approximate surface area is 309 Å². The summed E-state index contributed by atoms with van der Waals surface area (Å²) in [5.41, 5.74) is 2.81. The molecule has 12 heteroatoms. The van der Waals surface area contributed by atoms with Gasteiger partial charge in [0.1, 0.15) is 26.2 Å². The molecule has 12 nitrogen and oxygen atoms in total. The van der Waals surface area contributed by atoms with E-state index >= 15 is 0 Å². The van der Waals surface area contributed by atoms with E-state index in [0.29, 0.717) is 13.1 Å². The summed E-state index contributed by atoms with van der Waals surface area (Å²) >= 11 is 0. The minimum Gasteiger partial charge on any atom is -0.461 e. The fourth-order valence-electron chi connectivity index (χ4n) is 4.31. The van der Waals surface area contributed by atoms with Crippen LogP contribution in [-0.4, -0.2) is 123 Å². The molecule has 0 unspecified atom stereocenters. The molecule has 0 heterocycles. The van der Waals surface area contributed by atoms with Crippen molar-refractivity contribution >= 4 is 23.7 Å². The van der Waals surface area contributed by atoms with Crippen LogP contribution in [0.5, 0.6) is 0 Å². The normalized spacial score (nSPS) is 11.5. The predicted octanol–water partition coefficient (Wildman–Crippen LogP) is 3.97. The molecule has 2 N–H and O–H groups in total. The zero-order chi connectivity index (χ0) is 38.0. The molecule has 3 rings (SSSR count). The van der Waals surface area contributed by atoms with Crippen LogP contribution >= 0.6 is 0 Å². The Morgan fingerprint density at radius 3 is 1.12 bits per heavy atom. The van der Waals surface area contributed by atoms with Crippen LogP contribution in [0.4, 0.5) is 0 Å². The van der Waals surface area contributed by atoms with Crippen molar-refractivity contribution in [3.05, 3.63) is 108 Å². The topological polar surface area (TPSA) is 146 Å². The Hall–Kier alpha value is -4.46. The minimum atomic E-state index is -0.673. The van der Waals surface area contributed by atoms with E-state index in [0.717, 1.165) is 16.7 Å². The fourth-order valence-corrected chi connectivity index (χ4v) is 4.31. The van der Waals surface area contributed by atoms with E-state index < -0.39 is 18.2 Å². The first kappa shape index (κ1) is 47.5. The summed E-state index contributed by atoms with van der Waals surface area (Å²) in [7, 11) is 11.0. The van der Waals surface area contributed by atoms with Crippen molar-refractivity contribution in [3.8, 4) is 0 Å². The van der Waals surface area contributed by atoms with E-state index in [2.05, 4.69) is 0 Å². The highest BCUT2D eigenvalue weighted by Crippen LogP contribution is 2.05. The number of carbonyl (C=O) groups is 4. The average molecular weight is 726 g/mol. The van der Waals surface area contributed by atoms with Crippen molar-refractivity contribution in [1.82, 2.24) is 14.7 Å². The Morgan fingerprint density at radius 2 is 0.827 bits per heavy atom. The van der Waals surface area contributed by atoms with Gasteiger partial charge in [-0.25, -0.2) is 0 Å². The third-order valence-corrected chi connectivity index (χ3v) is 6.52. The number of hydrogen-bond donors (Lipinski definition) is 2. The van der Waals surface area contributed by atoms with E-state index in [4.69, 9.17) is 14.2 Å². The van der Waals surface area contributed by atoms with Crippen LogP contribution in [0.3, 0.4) is 0 Å². The van der Waals surface area contributed by atoms with Crippen LogP contribution < -0.4 is 0 Å². The molecule has 0 radical (unpaired) electrons. The third kappa shape index (κ3) is 26.4. The van der Waals surface area contributed by atoms with E-state index in [1.807, 2.05) is 129 Å². The van der Waals surface area contributed by atoms with Crippen LogP contribution in [0.2, 0.25) is 0 Å². The number of rotatable bonds is 18. The number of aliphatic hydroxyl groups is 2. The first-order valence-electron chi connectivity index (χ1n) is 16.6. The summed E-state index contributed by atoms with van der Waals surface area (Å²) in [4.78, 5) is 50.9. The van der Waals surface area contributed by atoms with Gasteiger partial charge in [0.2, 0.25) is 0 Å². The van der Waals surface area contributed by atoms with Crippen LogP contribution in [0, 0.1) is 0 Å². The lowest BCUT2D eigenvalue weighted by molar-refractivity contribution is -0.148. The second-order valence-electron chi connectivity index (χ2n) is 12.6. The van der Waals surface area contributed by atoms with Crippen molar-refractivity contribution in [2.75, 3.05) is 61.9 Å². The lowest BCUT2D eigenvalue weighted by atomic mass is 10.2. The van der Waals surface area contributed by atoms with Crippen molar-refractivity contribution in [3.63, 3.8) is 0 Å². The molecule has 0 aliphatic heterocycles. The van der Waals surface area contributed by atoms with Gasteiger partial charge in [0.25, 0.3) is 0 Å². The Morgan fingerprint density at radius 1 is 0.519 bits per heavy atom. The van der Waals surface area contributed by atoms with Gasteiger partial charge in [0, 0.05) is 13.1 Å². The monoisotopic (exact) mass is 725 g/mol. The van der Waals surface area contributed by atoms with Gasteiger partial charge in [-0.2, -0.15) is 0 Å². The maximum absolute atomic E-state index is 11.4. The SMILES string of the molecule is C.CN(C)CC(=O)CC(=O)OCc1ccccc1.CN(C)C[C@@H](O)CC(=O)OCc1ccccc1.CN(C)C[C@H](O)CC(=O)OCc1ccccc1. The first-order valence-corrected chi connectivity index (χ1v) is 16.6. The van der Waals surface area contributed by atoms with Gasteiger partial charge < -0.3 is 39.1 Å². The molecule has 0 bridgehead atoms. The summed E-state index contributed by atoms with van der Waals surface area (Å²) in [5, 5.41) is 19.1. The zero-order valence-electron chi connectivity index (χ0n) is 30.8. The van der Waals surface area contributed by atoms with Gasteiger partial charge in [-0.3, -0.25) is 19.2 Å². The predicted molar refractivity (Wildman–Crippen MR) is 202 cm³/mol. The summed E-state index contributed by atoms with van der Waals surface area (Å²) in [6, 6.07) is 28.3. The van der Waals surface area contributed by atoms with E-state index in [9.17, 15) is 29.4 Å². The van der Waals surface area contributed by atoms with Crippen molar-refractivity contribution in [2.45, 2.75) is 58.7 Å². The molecule has 2 atom stereocenters. The Bertz CT molecular complexity index is 1320. The molecule has 288 valence electrons. The molecule has 3 aromatic rings. The van der Waals surface area contributed by atoms with Gasteiger partial charge in [0.05, 0.1) is 31.6 Å². The highest BCUT2D eigenvalue weighted by molar-refractivity contribution is 5.96. The number of nitrogens with zero attached hydrogens (tertiary/aromatic N) is 3. The van der Waals surface area contributed by atoms with Gasteiger partial charge in [-0.1, -0.05) is 98.4 Å². The molecule has 52 heavy (non-hydrogen) atoms. The molecule has 0 fully saturated rings. The molecular formula is C40H59N3O9. The summed E-state index contributed by atoms with van der Waals surface area (Å²) < 4.78 is 15.1. The third-order valence-electron chi connectivity index (χ3n) is 6.52. The summed E-state index contributed by atoms with van der Waals surface area (Å²) in [6.45, 7) is 1.92. The number of ether oxygens (including phenoxy) is 3. The van der Waals surface area contributed by atoms with Crippen molar-refractivity contribution in [2.24, 2.45) is 0 Å². The lowest BCUT2D eigenvalue weighted by Crippen LogP contribution is -2.28. The average Bonchev–Trinajstić information content (AvgIpc) is 3.06. The highest BCUT2D eigenvalue weighted by atomic mass is 16.5. The maximum atomic E-state index is 11.4.